The number of azide groups is 1. The first-order valence-electron chi connectivity index (χ1n) is 8.29. The summed E-state index contributed by atoms with van der Waals surface area (Å²) in [7, 11) is 0. The van der Waals surface area contributed by atoms with E-state index in [0.717, 1.165) is 4.21 Å². The molecule has 0 spiro atoms. The normalized spacial score (nSPS) is 26.1. The van der Waals surface area contributed by atoms with Crippen LogP contribution in [0.5, 0.6) is 0 Å². The number of esters is 3. The number of hydrogen-bond acceptors (Lipinski definition) is 10. The molecule has 0 saturated carbocycles. The Morgan fingerprint density at radius 1 is 1.24 bits per heavy atom. The zero-order valence-electron chi connectivity index (χ0n) is 15.6. The summed E-state index contributed by atoms with van der Waals surface area (Å²) in [5.41, 5.74) is 8.20. The molecule has 1 aliphatic rings. The van der Waals surface area contributed by atoms with Gasteiger partial charge in [-0.25, -0.2) is 0 Å². The molecular weight excluding hydrogens is 446 g/mol. The minimum Gasteiger partial charge on any atom is -0.463 e. The summed E-state index contributed by atoms with van der Waals surface area (Å²) in [5, 5.41) is 5.94. The van der Waals surface area contributed by atoms with Crippen molar-refractivity contribution in [1.82, 2.24) is 0 Å². The van der Waals surface area contributed by atoms with Crippen LogP contribution in [-0.2, 0) is 33.3 Å². The molecule has 2 unspecified atom stereocenters. The largest absolute Gasteiger partial charge is 0.463 e. The van der Waals surface area contributed by atoms with Gasteiger partial charge in [-0.2, -0.15) is 0 Å². The van der Waals surface area contributed by atoms with Gasteiger partial charge in [-0.1, -0.05) is 28.5 Å². The zero-order chi connectivity index (χ0) is 21.6. The highest BCUT2D eigenvalue weighted by Crippen LogP contribution is 2.40. The first kappa shape index (κ1) is 23.3. The number of halogens is 1. The molecule has 1 aromatic rings. The molecule has 10 nitrogen and oxygen atoms in total. The van der Waals surface area contributed by atoms with E-state index in [4.69, 9.17) is 36.1 Å². The average molecular weight is 464 g/mol. The van der Waals surface area contributed by atoms with Crippen LogP contribution in [0.4, 0.5) is 0 Å². The van der Waals surface area contributed by atoms with Crippen LogP contribution in [0.2, 0.25) is 5.02 Å². The lowest BCUT2D eigenvalue weighted by Crippen LogP contribution is -2.59. The number of thiophene rings is 1. The van der Waals surface area contributed by atoms with Gasteiger partial charge in [0.15, 0.2) is 0 Å². The molecule has 158 valence electrons. The maximum Gasteiger partial charge on any atom is 0.303 e. The molecular formula is C16H18ClN3O7S2. The fraction of sp³-hybridized carbons (Fsp3) is 0.562. The smallest absolute Gasteiger partial charge is 0.303 e. The van der Waals surface area contributed by atoms with Crippen molar-refractivity contribution in [3.63, 3.8) is 0 Å². The van der Waals surface area contributed by atoms with Crippen LogP contribution in [0, 0.1) is 0 Å². The van der Waals surface area contributed by atoms with Crippen LogP contribution in [0.15, 0.2) is 20.8 Å². The maximum atomic E-state index is 11.7. The fourth-order valence-corrected chi connectivity index (χ4v) is 5.13. The first-order valence-corrected chi connectivity index (χ1v) is 10.4. The number of hydrogen-bond donors (Lipinski definition) is 0. The molecule has 2 heterocycles. The minimum atomic E-state index is -1.13. The van der Waals surface area contributed by atoms with Gasteiger partial charge in [-0.15, -0.1) is 11.3 Å². The molecule has 0 N–H and O–H groups in total. The first-order chi connectivity index (χ1) is 13.7. The van der Waals surface area contributed by atoms with Crippen LogP contribution in [0.25, 0.3) is 10.4 Å². The van der Waals surface area contributed by atoms with Gasteiger partial charge in [0.25, 0.3) is 0 Å². The van der Waals surface area contributed by atoms with E-state index in [1.54, 1.807) is 11.4 Å². The van der Waals surface area contributed by atoms with Crippen LogP contribution in [0.1, 0.15) is 20.8 Å². The van der Waals surface area contributed by atoms with Crippen molar-refractivity contribution in [2.75, 3.05) is 6.61 Å². The molecule has 1 fully saturated rings. The molecule has 0 radical (unpaired) electrons. The molecule has 2 rings (SSSR count). The van der Waals surface area contributed by atoms with Crippen LogP contribution in [0.3, 0.4) is 0 Å². The summed E-state index contributed by atoms with van der Waals surface area (Å²) in [4.78, 5) is 37.3. The second kappa shape index (κ2) is 10.7. The molecule has 29 heavy (non-hydrogen) atoms. The van der Waals surface area contributed by atoms with Crippen molar-refractivity contribution in [1.29, 1.82) is 0 Å². The fourth-order valence-electron chi connectivity index (χ4n) is 2.64. The highest BCUT2D eigenvalue weighted by atomic mass is 35.5. The Hall–Kier alpha value is -1.98. The summed E-state index contributed by atoms with van der Waals surface area (Å²) in [6.45, 7) is 3.34. The van der Waals surface area contributed by atoms with Crippen LogP contribution < -0.4 is 0 Å². The molecule has 0 aromatic carbocycles. The number of thioether (sulfide) groups is 1. The number of nitrogens with zero attached hydrogens (tertiary/aromatic N) is 3. The Balaban J connectivity index is 2.40. The Morgan fingerprint density at radius 2 is 1.90 bits per heavy atom. The standard InChI is InChI=1S/C16H18ClN3O7S2/c1-7(21)24-5-11-14(25-8(2)22)13(19-20-18)15(26-9(3)23)16(27-11)29-12-4-10(17)6-28-12/h4,6,11,13-16H,5H2,1-3H3/t11?,13-,14-,15?,16+/m0/s1. The molecule has 0 bridgehead atoms. The van der Waals surface area contributed by atoms with Crippen molar-refractivity contribution >= 4 is 52.6 Å². The van der Waals surface area contributed by atoms with Gasteiger partial charge in [0, 0.05) is 31.1 Å². The van der Waals surface area contributed by atoms with Gasteiger partial charge in [-0.3, -0.25) is 14.4 Å². The molecule has 5 atom stereocenters. The third-order valence-electron chi connectivity index (χ3n) is 3.63. The number of carbonyl (C=O) groups is 3. The van der Waals surface area contributed by atoms with E-state index >= 15 is 0 Å². The zero-order valence-corrected chi connectivity index (χ0v) is 18.0. The summed E-state index contributed by atoms with van der Waals surface area (Å²) in [6, 6.07) is 0.599. The summed E-state index contributed by atoms with van der Waals surface area (Å²) < 4.78 is 22.4. The van der Waals surface area contributed by atoms with Crippen molar-refractivity contribution in [3.05, 3.63) is 26.9 Å². The lowest BCUT2D eigenvalue weighted by molar-refractivity contribution is -0.201. The van der Waals surface area contributed by atoms with Crippen LogP contribution in [-0.4, -0.2) is 54.3 Å². The summed E-state index contributed by atoms with van der Waals surface area (Å²) in [6.07, 6.45) is -3.14. The lowest BCUT2D eigenvalue weighted by Gasteiger charge is -2.43. The third kappa shape index (κ3) is 6.79. The second-order valence-electron chi connectivity index (χ2n) is 5.89. The van der Waals surface area contributed by atoms with Crippen molar-refractivity contribution in [2.45, 2.75) is 54.8 Å². The SMILES string of the molecule is CC(=O)OCC1O[C@H](Sc2cc(Cl)cs2)C(OC(C)=O)[C@@H](N=[N+]=[N-])[C@H]1OC(C)=O. The second-order valence-corrected chi connectivity index (χ2v) is 8.64. The van der Waals surface area contributed by atoms with Gasteiger partial charge in [0.1, 0.15) is 36.4 Å². The predicted molar refractivity (Wildman–Crippen MR) is 105 cm³/mol. The number of ether oxygens (including phenoxy) is 4. The molecule has 1 aliphatic heterocycles. The predicted octanol–water partition coefficient (Wildman–Crippen LogP) is 3.32. The highest BCUT2D eigenvalue weighted by molar-refractivity contribution is 8.01. The number of carbonyl (C=O) groups excluding carboxylic acids is 3. The molecule has 0 aliphatic carbocycles. The van der Waals surface area contributed by atoms with E-state index in [-0.39, 0.29) is 6.61 Å². The topological polar surface area (TPSA) is 137 Å². The van der Waals surface area contributed by atoms with Crippen molar-refractivity contribution in [3.8, 4) is 0 Å². The lowest BCUT2D eigenvalue weighted by atomic mass is 9.97. The summed E-state index contributed by atoms with van der Waals surface area (Å²) >= 11 is 8.50. The molecule has 1 saturated heterocycles. The Labute approximate surface area is 179 Å². The molecule has 0 amide bonds. The molecule has 13 heteroatoms. The van der Waals surface area contributed by atoms with E-state index in [2.05, 4.69) is 10.0 Å². The van der Waals surface area contributed by atoms with Gasteiger partial charge in [0.05, 0.1) is 9.23 Å². The Kier molecular flexibility index (Phi) is 8.60. The maximum absolute atomic E-state index is 11.7. The average Bonchev–Trinajstić information content (AvgIpc) is 3.02. The quantitative estimate of drug-likeness (QED) is 0.197. The Bertz CT molecular complexity index is 814. The van der Waals surface area contributed by atoms with Crippen molar-refractivity contribution < 1.29 is 33.3 Å². The highest BCUT2D eigenvalue weighted by Gasteiger charge is 2.50. The van der Waals surface area contributed by atoms with E-state index in [0.29, 0.717) is 5.02 Å². The van der Waals surface area contributed by atoms with Gasteiger partial charge in [-0.05, 0) is 11.6 Å². The summed E-state index contributed by atoms with van der Waals surface area (Å²) in [5.74, 6) is -1.86. The van der Waals surface area contributed by atoms with Gasteiger partial charge < -0.3 is 18.9 Å². The van der Waals surface area contributed by atoms with E-state index < -0.39 is 47.7 Å². The van der Waals surface area contributed by atoms with Gasteiger partial charge >= 0.3 is 17.9 Å². The number of rotatable bonds is 7. The van der Waals surface area contributed by atoms with E-state index in [1.165, 1.54) is 43.9 Å². The van der Waals surface area contributed by atoms with E-state index in [9.17, 15) is 14.4 Å². The molecule has 1 aromatic heterocycles. The third-order valence-corrected chi connectivity index (χ3v) is 6.24. The monoisotopic (exact) mass is 463 g/mol. The van der Waals surface area contributed by atoms with Crippen LogP contribution >= 0.6 is 34.7 Å². The minimum absolute atomic E-state index is 0.250. The Morgan fingerprint density at radius 3 is 2.41 bits per heavy atom. The van der Waals surface area contributed by atoms with Crippen molar-refractivity contribution in [2.24, 2.45) is 5.11 Å². The van der Waals surface area contributed by atoms with Gasteiger partial charge in [0.2, 0.25) is 0 Å². The van der Waals surface area contributed by atoms with E-state index in [1.807, 2.05) is 0 Å².